The fraction of sp³-hybridized carbons (Fsp3) is 0.567. The minimum absolute atomic E-state index is 0.255. The van der Waals surface area contributed by atoms with Crippen molar-refractivity contribution in [1.29, 1.82) is 0 Å². The molecule has 2 fully saturated rings. The van der Waals surface area contributed by atoms with Gasteiger partial charge < -0.3 is 14.4 Å². The van der Waals surface area contributed by atoms with Crippen LogP contribution in [0.3, 0.4) is 0 Å². The lowest BCUT2D eigenvalue weighted by Crippen LogP contribution is -2.50. The number of nitrogens with zero attached hydrogens (tertiary/aromatic N) is 5. The molecular formula is C30H41N5O. The van der Waals surface area contributed by atoms with Crippen LogP contribution in [0, 0.1) is 0 Å². The Kier molecular flexibility index (Phi) is 7.88. The van der Waals surface area contributed by atoms with E-state index in [2.05, 4.69) is 46.4 Å². The van der Waals surface area contributed by atoms with Gasteiger partial charge >= 0.3 is 0 Å². The number of hydrogen-bond acceptors (Lipinski definition) is 4. The lowest BCUT2D eigenvalue weighted by atomic mass is 9.88. The zero-order valence-corrected chi connectivity index (χ0v) is 22.0. The van der Waals surface area contributed by atoms with E-state index in [4.69, 9.17) is 9.97 Å². The van der Waals surface area contributed by atoms with Crippen molar-refractivity contribution in [3.63, 3.8) is 0 Å². The number of carbonyl (C=O) groups is 1. The van der Waals surface area contributed by atoms with Gasteiger partial charge in [0.1, 0.15) is 18.2 Å². The van der Waals surface area contributed by atoms with Gasteiger partial charge in [-0.25, -0.2) is 9.97 Å². The van der Waals surface area contributed by atoms with Crippen LogP contribution in [-0.2, 0) is 11.3 Å². The summed E-state index contributed by atoms with van der Waals surface area (Å²) in [5, 5.41) is 0. The maximum absolute atomic E-state index is 14.1. The standard InChI is InChI=1S/C30H41N5O/c1-3-33(4-2)28-20-19-23(21-31-28)30-32-26-17-11-12-18-27(26)34(30)22-29(36)35(24-13-7-5-8-14-24)25-15-9-6-10-16-25/h11-12,17-21,24-25H,3-10,13-16,22H2,1-2H3. The zero-order chi connectivity index (χ0) is 24.9. The number of fused-ring (bicyclic) bond motifs is 1. The van der Waals surface area contributed by atoms with Crippen LogP contribution in [0.25, 0.3) is 22.4 Å². The first-order valence-electron chi connectivity index (χ1n) is 14.2. The molecule has 3 aromatic rings. The van der Waals surface area contributed by atoms with Gasteiger partial charge in [-0.2, -0.15) is 0 Å². The molecule has 0 radical (unpaired) electrons. The van der Waals surface area contributed by atoms with E-state index in [0.29, 0.717) is 18.6 Å². The number of carbonyl (C=O) groups excluding carboxylic acids is 1. The van der Waals surface area contributed by atoms with Crippen LogP contribution >= 0.6 is 0 Å². The SMILES string of the molecule is CCN(CC)c1ccc(-c2nc3ccccc3n2CC(=O)N(C2CCCCC2)C2CCCCC2)cn1. The quantitative estimate of drug-likeness (QED) is 0.367. The maximum atomic E-state index is 14.1. The number of para-hydroxylation sites is 2. The average Bonchev–Trinajstić information content (AvgIpc) is 3.29. The molecule has 0 atom stereocenters. The Morgan fingerprint density at radius 3 is 2.11 bits per heavy atom. The predicted molar refractivity (Wildman–Crippen MR) is 147 cm³/mol. The largest absolute Gasteiger partial charge is 0.357 e. The number of anilines is 1. The van der Waals surface area contributed by atoms with Crippen LogP contribution < -0.4 is 4.90 Å². The third-order valence-electron chi connectivity index (χ3n) is 8.27. The van der Waals surface area contributed by atoms with Crippen LogP contribution in [-0.4, -0.2) is 50.5 Å². The Labute approximate surface area is 215 Å². The minimum atomic E-state index is 0.255. The maximum Gasteiger partial charge on any atom is 0.243 e. The van der Waals surface area contributed by atoms with Gasteiger partial charge in [-0.15, -0.1) is 0 Å². The molecule has 6 heteroatoms. The van der Waals surface area contributed by atoms with E-state index in [1.54, 1.807) is 0 Å². The Morgan fingerprint density at radius 2 is 1.53 bits per heavy atom. The summed E-state index contributed by atoms with van der Waals surface area (Å²) in [6.07, 6.45) is 14.1. The molecule has 192 valence electrons. The molecule has 2 aromatic heterocycles. The van der Waals surface area contributed by atoms with E-state index in [9.17, 15) is 4.79 Å². The monoisotopic (exact) mass is 487 g/mol. The van der Waals surface area contributed by atoms with Gasteiger partial charge in [-0.05, 0) is 63.8 Å². The number of imidazole rings is 1. The number of benzene rings is 1. The van der Waals surface area contributed by atoms with Crippen molar-refractivity contribution in [2.75, 3.05) is 18.0 Å². The fourth-order valence-corrected chi connectivity index (χ4v) is 6.35. The Bertz CT molecular complexity index is 1120. The highest BCUT2D eigenvalue weighted by Gasteiger charge is 2.33. The molecule has 2 aliphatic rings. The Morgan fingerprint density at radius 1 is 0.889 bits per heavy atom. The predicted octanol–water partition coefficient (Wildman–Crippen LogP) is 6.44. The van der Waals surface area contributed by atoms with Gasteiger partial charge in [0.2, 0.25) is 5.91 Å². The lowest BCUT2D eigenvalue weighted by molar-refractivity contribution is -0.138. The Balaban J connectivity index is 1.48. The Hall–Kier alpha value is -2.89. The minimum Gasteiger partial charge on any atom is -0.357 e. The van der Waals surface area contributed by atoms with E-state index < -0.39 is 0 Å². The fourth-order valence-electron chi connectivity index (χ4n) is 6.35. The topological polar surface area (TPSA) is 54.3 Å². The normalized spacial score (nSPS) is 17.4. The van der Waals surface area contributed by atoms with Crippen molar-refractivity contribution in [3.8, 4) is 11.4 Å². The molecule has 2 heterocycles. The molecule has 0 spiro atoms. The van der Waals surface area contributed by atoms with Crippen molar-refractivity contribution >= 4 is 22.8 Å². The molecule has 0 bridgehead atoms. The van der Waals surface area contributed by atoms with Crippen molar-refractivity contribution in [2.45, 2.75) is 96.7 Å². The van der Waals surface area contributed by atoms with Crippen molar-refractivity contribution in [3.05, 3.63) is 42.6 Å². The number of rotatable bonds is 8. The molecule has 5 rings (SSSR count). The third-order valence-corrected chi connectivity index (χ3v) is 8.27. The van der Waals surface area contributed by atoms with Crippen LogP contribution in [0.1, 0.15) is 78.1 Å². The highest BCUT2D eigenvalue weighted by molar-refractivity contribution is 5.85. The van der Waals surface area contributed by atoms with Crippen LogP contribution in [0.4, 0.5) is 5.82 Å². The summed E-state index contributed by atoms with van der Waals surface area (Å²) in [6.45, 7) is 6.48. The van der Waals surface area contributed by atoms with Crippen LogP contribution in [0.15, 0.2) is 42.6 Å². The molecule has 36 heavy (non-hydrogen) atoms. The van der Waals surface area contributed by atoms with Crippen molar-refractivity contribution in [2.24, 2.45) is 0 Å². The van der Waals surface area contributed by atoms with E-state index >= 15 is 0 Å². The van der Waals surface area contributed by atoms with Gasteiger partial charge in [0.25, 0.3) is 0 Å². The number of aromatic nitrogens is 3. The number of pyridine rings is 1. The molecule has 0 unspecified atom stereocenters. The number of hydrogen-bond donors (Lipinski definition) is 0. The first-order chi connectivity index (χ1) is 17.7. The molecule has 1 aromatic carbocycles. The second-order valence-electron chi connectivity index (χ2n) is 10.5. The second kappa shape index (κ2) is 11.4. The average molecular weight is 488 g/mol. The molecule has 2 aliphatic carbocycles. The van der Waals surface area contributed by atoms with E-state index in [-0.39, 0.29) is 5.91 Å². The van der Waals surface area contributed by atoms with Crippen LogP contribution in [0.5, 0.6) is 0 Å². The molecule has 6 nitrogen and oxygen atoms in total. The molecule has 1 amide bonds. The van der Waals surface area contributed by atoms with Gasteiger partial charge in [0, 0.05) is 36.9 Å². The molecular weight excluding hydrogens is 446 g/mol. The molecule has 0 N–H and O–H groups in total. The van der Waals surface area contributed by atoms with E-state index in [1.165, 1.54) is 38.5 Å². The van der Waals surface area contributed by atoms with Crippen molar-refractivity contribution < 1.29 is 4.79 Å². The summed E-state index contributed by atoms with van der Waals surface area (Å²) < 4.78 is 2.13. The summed E-state index contributed by atoms with van der Waals surface area (Å²) in [6, 6.07) is 13.1. The smallest absolute Gasteiger partial charge is 0.243 e. The molecule has 2 saturated carbocycles. The van der Waals surface area contributed by atoms with Gasteiger partial charge in [-0.1, -0.05) is 50.7 Å². The van der Waals surface area contributed by atoms with Gasteiger partial charge in [0.05, 0.1) is 11.0 Å². The third kappa shape index (κ3) is 5.14. The van der Waals surface area contributed by atoms with Crippen molar-refractivity contribution in [1.82, 2.24) is 19.4 Å². The lowest BCUT2D eigenvalue weighted by Gasteiger charge is -2.42. The summed E-state index contributed by atoms with van der Waals surface area (Å²) in [7, 11) is 0. The van der Waals surface area contributed by atoms with Crippen LogP contribution in [0.2, 0.25) is 0 Å². The first kappa shape index (κ1) is 24.8. The molecule has 0 aliphatic heterocycles. The first-order valence-corrected chi connectivity index (χ1v) is 14.2. The molecule has 0 saturated heterocycles. The summed E-state index contributed by atoms with van der Waals surface area (Å²) >= 11 is 0. The summed E-state index contributed by atoms with van der Waals surface area (Å²) in [4.78, 5) is 28.4. The zero-order valence-electron chi connectivity index (χ0n) is 22.0. The number of amides is 1. The highest BCUT2D eigenvalue weighted by Crippen LogP contribution is 2.32. The highest BCUT2D eigenvalue weighted by atomic mass is 16.2. The van der Waals surface area contributed by atoms with Gasteiger partial charge in [-0.3, -0.25) is 4.79 Å². The summed E-state index contributed by atoms with van der Waals surface area (Å²) in [5.74, 6) is 2.06. The second-order valence-corrected chi connectivity index (χ2v) is 10.5. The summed E-state index contributed by atoms with van der Waals surface area (Å²) in [5.41, 5.74) is 2.90. The van der Waals surface area contributed by atoms with E-state index in [1.807, 2.05) is 24.4 Å². The van der Waals surface area contributed by atoms with E-state index in [0.717, 1.165) is 67.0 Å². The van der Waals surface area contributed by atoms with Gasteiger partial charge in [0.15, 0.2) is 0 Å².